The summed E-state index contributed by atoms with van der Waals surface area (Å²) in [6.07, 6.45) is -3.46. The van der Waals surface area contributed by atoms with Crippen molar-refractivity contribution in [1.29, 1.82) is 0 Å². The van der Waals surface area contributed by atoms with Gasteiger partial charge in [0.25, 0.3) is 0 Å². The second kappa shape index (κ2) is 19.6. The molecule has 0 bridgehead atoms. The number of halogens is 6. The molecule has 0 aliphatic heterocycles. The zero-order chi connectivity index (χ0) is 37.5. The number of hydrogen-bond acceptors (Lipinski definition) is 4. The maximum absolute atomic E-state index is 13.5. The zero-order valence-corrected chi connectivity index (χ0v) is 30.0. The van der Waals surface area contributed by atoms with Crippen LogP contribution in [0.15, 0.2) is 71.9 Å². The maximum Gasteiger partial charge on any atom is 0.416 e. The SMILES string of the molecule is C\C=C(/C=C(\C=C\CNC(=O)CC(C)(CC)N(CCN(CC/C=C\c1ccccc1)CC(C)C)C(=O)OC(C)(C)C)C(F)(F)F)C(F)(F)F. The number of hydrogen-bond donors (Lipinski definition) is 1. The summed E-state index contributed by atoms with van der Waals surface area (Å²) in [6.45, 7) is 15.9. The summed E-state index contributed by atoms with van der Waals surface area (Å²) in [5.74, 6) is -0.190. The molecule has 0 saturated heterocycles. The highest BCUT2D eigenvalue weighted by molar-refractivity contribution is 5.79. The number of ether oxygens (including phenoxy) is 1. The van der Waals surface area contributed by atoms with Crippen molar-refractivity contribution >= 4 is 18.1 Å². The molecule has 12 heteroatoms. The van der Waals surface area contributed by atoms with Crippen LogP contribution in [0.1, 0.15) is 80.2 Å². The summed E-state index contributed by atoms with van der Waals surface area (Å²) < 4.78 is 85.2. The van der Waals surface area contributed by atoms with Crippen LogP contribution >= 0.6 is 0 Å². The fourth-order valence-corrected chi connectivity index (χ4v) is 4.89. The second-order valence-electron chi connectivity index (χ2n) is 13.5. The average molecular weight is 702 g/mol. The Balaban J connectivity index is 3.11. The van der Waals surface area contributed by atoms with Gasteiger partial charge in [-0.25, -0.2) is 4.79 Å². The summed E-state index contributed by atoms with van der Waals surface area (Å²) in [5.41, 5.74) is -3.67. The smallest absolute Gasteiger partial charge is 0.416 e. The summed E-state index contributed by atoms with van der Waals surface area (Å²) in [5, 5.41) is 2.50. The van der Waals surface area contributed by atoms with Gasteiger partial charge in [0.15, 0.2) is 0 Å². The first-order valence-corrected chi connectivity index (χ1v) is 16.5. The normalized spacial score (nSPS) is 14.9. The van der Waals surface area contributed by atoms with Crippen molar-refractivity contribution in [3.05, 3.63) is 77.4 Å². The van der Waals surface area contributed by atoms with E-state index in [4.69, 9.17) is 4.74 Å². The van der Waals surface area contributed by atoms with E-state index >= 15 is 0 Å². The fourth-order valence-electron chi connectivity index (χ4n) is 4.89. The van der Waals surface area contributed by atoms with Crippen molar-refractivity contribution in [2.45, 2.75) is 98.1 Å². The fraction of sp³-hybridized carbons (Fsp3) is 0.568. The monoisotopic (exact) mass is 701 g/mol. The first-order valence-electron chi connectivity index (χ1n) is 16.5. The molecule has 0 radical (unpaired) electrons. The first-order chi connectivity index (χ1) is 22.6. The Bertz CT molecular complexity index is 1290. The van der Waals surface area contributed by atoms with Crippen molar-refractivity contribution in [2.75, 3.05) is 32.7 Å². The van der Waals surface area contributed by atoms with Crippen LogP contribution in [0, 0.1) is 5.92 Å². The molecule has 0 aromatic heterocycles. The minimum Gasteiger partial charge on any atom is -0.444 e. The molecule has 1 N–H and O–H groups in total. The second-order valence-corrected chi connectivity index (χ2v) is 13.5. The Morgan fingerprint density at radius 2 is 1.51 bits per heavy atom. The molecule has 1 aromatic carbocycles. The molecule has 0 saturated carbocycles. The summed E-state index contributed by atoms with van der Waals surface area (Å²) in [7, 11) is 0. The largest absolute Gasteiger partial charge is 0.444 e. The van der Waals surface area contributed by atoms with Crippen LogP contribution in [0.2, 0.25) is 0 Å². The van der Waals surface area contributed by atoms with Crippen molar-refractivity contribution in [3.8, 4) is 0 Å². The van der Waals surface area contributed by atoms with Crippen molar-refractivity contribution in [3.63, 3.8) is 0 Å². The van der Waals surface area contributed by atoms with Gasteiger partial charge in [0.2, 0.25) is 5.91 Å². The summed E-state index contributed by atoms with van der Waals surface area (Å²) in [4.78, 5) is 30.4. The standard InChI is InChI=1S/C37H53F6N3O3/c1-9-30(36(38,39)40)25-31(37(41,42)43)20-16-21-44-32(47)26-35(8,10-2)46(33(48)49-34(5,6)7)24-23-45(27-28(3)4)22-15-14-19-29-17-12-11-13-18-29/h9,11-14,16-20,25,28H,10,15,21-24,26-27H2,1-8H3,(H,44,47)/b19-14-,20-16+,30-9+,31-25+. The van der Waals surface area contributed by atoms with E-state index in [0.29, 0.717) is 31.0 Å². The first kappa shape index (κ1) is 43.5. The lowest BCUT2D eigenvalue weighted by Crippen LogP contribution is -2.55. The number of alkyl halides is 6. The molecule has 6 nitrogen and oxygen atoms in total. The number of nitrogens with one attached hydrogen (secondary N) is 1. The van der Waals surface area contributed by atoms with E-state index in [-0.39, 0.29) is 25.6 Å². The van der Waals surface area contributed by atoms with Crippen molar-refractivity contribution in [2.24, 2.45) is 5.92 Å². The van der Waals surface area contributed by atoms with Crippen molar-refractivity contribution < 1.29 is 40.7 Å². The Labute approximate surface area is 287 Å². The van der Waals surface area contributed by atoms with Gasteiger partial charge in [-0.05, 0) is 65.0 Å². The Kier molecular flexibility index (Phi) is 17.4. The summed E-state index contributed by atoms with van der Waals surface area (Å²) >= 11 is 0. The molecule has 0 spiro atoms. The van der Waals surface area contributed by atoms with Crippen LogP contribution in [0.5, 0.6) is 0 Å². The van der Waals surface area contributed by atoms with E-state index in [9.17, 15) is 35.9 Å². The minimum absolute atomic E-state index is 0.0212. The van der Waals surface area contributed by atoms with Gasteiger partial charge in [-0.15, -0.1) is 0 Å². The van der Waals surface area contributed by atoms with Crippen LogP contribution in [-0.2, 0) is 9.53 Å². The zero-order valence-electron chi connectivity index (χ0n) is 30.0. The van der Waals surface area contributed by atoms with Gasteiger partial charge in [0, 0.05) is 39.1 Å². The molecule has 276 valence electrons. The third-order valence-electron chi connectivity index (χ3n) is 7.54. The number of allylic oxidation sites excluding steroid dienone is 5. The number of amides is 2. The predicted octanol–water partition coefficient (Wildman–Crippen LogP) is 9.51. The van der Waals surface area contributed by atoms with Gasteiger partial charge in [0.1, 0.15) is 5.60 Å². The van der Waals surface area contributed by atoms with Crippen LogP contribution in [0.3, 0.4) is 0 Å². The molecule has 1 rings (SSSR count). The quantitative estimate of drug-likeness (QED) is 0.130. The average Bonchev–Trinajstić information content (AvgIpc) is 2.96. The molecule has 1 atom stereocenters. The highest BCUT2D eigenvalue weighted by atomic mass is 19.4. The van der Waals surface area contributed by atoms with Crippen LogP contribution in [-0.4, -0.2) is 78.0 Å². The van der Waals surface area contributed by atoms with E-state index in [1.165, 1.54) is 0 Å². The molecule has 0 heterocycles. The maximum atomic E-state index is 13.5. The number of carbonyl (C=O) groups excluding carboxylic acids is 2. The number of rotatable bonds is 17. The van der Waals surface area contributed by atoms with E-state index in [1.54, 1.807) is 32.6 Å². The highest BCUT2D eigenvalue weighted by Gasteiger charge is 2.39. The molecule has 2 amide bonds. The molecule has 1 aromatic rings. The lowest BCUT2D eigenvalue weighted by atomic mass is 9.91. The lowest BCUT2D eigenvalue weighted by molar-refractivity contribution is -0.123. The molecule has 49 heavy (non-hydrogen) atoms. The minimum atomic E-state index is -5.05. The van der Waals surface area contributed by atoms with Crippen LogP contribution in [0.4, 0.5) is 31.1 Å². The van der Waals surface area contributed by atoms with Gasteiger partial charge >= 0.3 is 18.4 Å². The molecule has 0 fully saturated rings. The number of benzene rings is 1. The van der Waals surface area contributed by atoms with Gasteiger partial charge in [0.05, 0.1) is 16.7 Å². The summed E-state index contributed by atoms with van der Waals surface area (Å²) in [6, 6.07) is 9.95. The van der Waals surface area contributed by atoms with Gasteiger partial charge in [-0.2, -0.15) is 26.3 Å². The Hall–Kier alpha value is -3.54. The van der Waals surface area contributed by atoms with Gasteiger partial charge in [-0.1, -0.05) is 81.5 Å². The molecular formula is C37H53F6N3O3. The topological polar surface area (TPSA) is 61.9 Å². The number of nitrogens with zero attached hydrogens (tertiary/aromatic N) is 2. The Morgan fingerprint density at radius 3 is 2.02 bits per heavy atom. The van der Waals surface area contributed by atoms with E-state index in [1.807, 2.05) is 37.3 Å². The molecule has 0 aliphatic carbocycles. The Morgan fingerprint density at radius 1 is 0.898 bits per heavy atom. The van der Waals surface area contributed by atoms with E-state index < -0.39 is 46.6 Å². The lowest BCUT2D eigenvalue weighted by Gasteiger charge is -2.42. The third-order valence-corrected chi connectivity index (χ3v) is 7.54. The van der Waals surface area contributed by atoms with E-state index in [2.05, 4.69) is 36.2 Å². The van der Waals surface area contributed by atoms with Crippen molar-refractivity contribution in [1.82, 2.24) is 15.1 Å². The predicted molar refractivity (Wildman–Crippen MR) is 184 cm³/mol. The molecular weight excluding hydrogens is 648 g/mol. The highest BCUT2D eigenvalue weighted by Crippen LogP contribution is 2.33. The number of carbonyl (C=O) groups is 2. The third kappa shape index (κ3) is 17.1. The van der Waals surface area contributed by atoms with E-state index in [0.717, 1.165) is 38.1 Å². The molecule has 1 unspecified atom stereocenters. The van der Waals surface area contributed by atoms with Crippen LogP contribution < -0.4 is 5.32 Å². The van der Waals surface area contributed by atoms with Gasteiger partial charge < -0.3 is 19.9 Å². The molecule has 0 aliphatic rings. The van der Waals surface area contributed by atoms with Crippen LogP contribution in [0.25, 0.3) is 6.08 Å². The van der Waals surface area contributed by atoms with Gasteiger partial charge in [-0.3, -0.25) is 4.79 Å².